The van der Waals surface area contributed by atoms with Crippen molar-refractivity contribution in [2.45, 2.75) is 43.6 Å². The first-order chi connectivity index (χ1) is 10.1. The Kier molecular flexibility index (Phi) is 3.76. The summed E-state index contributed by atoms with van der Waals surface area (Å²) in [6, 6.07) is 8.46. The van der Waals surface area contributed by atoms with Crippen LogP contribution in [0.4, 0.5) is 0 Å². The molecule has 21 heavy (non-hydrogen) atoms. The van der Waals surface area contributed by atoms with Crippen molar-refractivity contribution in [3.8, 4) is 0 Å². The van der Waals surface area contributed by atoms with Gasteiger partial charge in [0.05, 0.1) is 5.54 Å². The molecule has 1 aliphatic heterocycles. The van der Waals surface area contributed by atoms with E-state index in [1.54, 1.807) is 0 Å². The van der Waals surface area contributed by atoms with Gasteiger partial charge < -0.3 is 15.8 Å². The van der Waals surface area contributed by atoms with Gasteiger partial charge in [-0.05, 0) is 43.7 Å². The number of benzene rings is 1. The second kappa shape index (κ2) is 5.43. The van der Waals surface area contributed by atoms with Crippen LogP contribution in [0.1, 0.15) is 36.8 Å². The van der Waals surface area contributed by atoms with Gasteiger partial charge in [-0.15, -0.1) is 0 Å². The molecule has 3 N–H and O–H groups in total. The molecule has 4 nitrogen and oxygen atoms in total. The van der Waals surface area contributed by atoms with Crippen LogP contribution < -0.4 is 11.1 Å². The third-order valence-electron chi connectivity index (χ3n) is 4.99. The van der Waals surface area contributed by atoms with Gasteiger partial charge in [-0.25, -0.2) is 0 Å². The highest BCUT2D eigenvalue weighted by Gasteiger charge is 2.47. The van der Waals surface area contributed by atoms with Crippen molar-refractivity contribution in [1.29, 1.82) is 0 Å². The van der Waals surface area contributed by atoms with Crippen molar-refractivity contribution in [2.75, 3.05) is 19.8 Å². The van der Waals surface area contributed by atoms with Crippen molar-refractivity contribution in [1.82, 2.24) is 5.32 Å². The Morgan fingerprint density at radius 3 is 2.52 bits per heavy atom. The number of hydrogen-bond donors (Lipinski definition) is 2. The van der Waals surface area contributed by atoms with E-state index in [2.05, 4.69) is 36.5 Å². The second-order valence-corrected chi connectivity index (χ2v) is 6.55. The topological polar surface area (TPSA) is 64.4 Å². The predicted molar refractivity (Wildman–Crippen MR) is 82.1 cm³/mol. The molecule has 0 bridgehead atoms. The Morgan fingerprint density at radius 1 is 1.24 bits per heavy atom. The first kappa shape index (κ1) is 14.5. The monoisotopic (exact) mass is 288 g/mol. The van der Waals surface area contributed by atoms with Gasteiger partial charge in [0.2, 0.25) is 5.91 Å². The highest BCUT2D eigenvalue weighted by atomic mass is 16.5. The number of carbonyl (C=O) groups excluding carboxylic acids is 1. The maximum Gasteiger partial charge on any atom is 0.240 e. The van der Waals surface area contributed by atoms with E-state index in [-0.39, 0.29) is 11.3 Å². The summed E-state index contributed by atoms with van der Waals surface area (Å²) in [7, 11) is 0. The fourth-order valence-corrected chi connectivity index (χ4v) is 3.26. The summed E-state index contributed by atoms with van der Waals surface area (Å²) in [6.07, 6.45) is 3.49. The zero-order valence-corrected chi connectivity index (χ0v) is 12.7. The fraction of sp³-hybridized carbons (Fsp3) is 0.588. The molecule has 0 spiro atoms. The van der Waals surface area contributed by atoms with Crippen LogP contribution in [-0.2, 0) is 14.9 Å². The average Bonchev–Trinajstić information content (AvgIpc) is 3.25. The van der Waals surface area contributed by atoms with Gasteiger partial charge >= 0.3 is 0 Å². The van der Waals surface area contributed by atoms with E-state index in [0.29, 0.717) is 6.54 Å². The lowest BCUT2D eigenvalue weighted by Crippen LogP contribution is -2.50. The predicted octanol–water partition coefficient (Wildman–Crippen LogP) is 1.65. The molecule has 0 atom stereocenters. The zero-order chi connectivity index (χ0) is 14.9. The fourth-order valence-electron chi connectivity index (χ4n) is 3.26. The number of amides is 1. The molecule has 4 heteroatoms. The van der Waals surface area contributed by atoms with Crippen LogP contribution >= 0.6 is 0 Å². The third-order valence-corrected chi connectivity index (χ3v) is 4.99. The SMILES string of the molecule is Cc1ccccc1C1(CNC(=O)C2(N)CC2)CCOCC1. The number of nitrogens with one attached hydrogen (secondary N) is 1. The third kappa shape index (κ3) is 2.83. The maximum absolute atomic E-state index is 12.2. The highest BCUT2D eigenvalue weighted by molar-refractivity contribution is 5.89. The lowest BCUT2D eigenvalue weighted by Gasteiger charge is -2.39. The molecular weight excluding hydrogens is 264 g/mol. The van der Waals surface area contributed by atoms with Gasteiger partial charge in [0, 0.05) is 25.2 Å². The number of aryl methyl sites for hydroxylation is 1. The second-order valence-electron chi connectivity index (χ2n) is 6.55. The molecule has 0 radical (unpaired) electrons. The summed E-state index contributed by atoms with van der Waals surface area (Å²) < 4.78 is 5.54. The number of hydrogen-bond acceptors (Lipinski definition) is 3. The minimum Gasteiger partial charge on any atom is -0.381 e. The first-order valence-corrected chi connectivity index (χ1v) is 7.77. The summed E-state index contributed by atoms with van der Waals surface area (Å²) in [5, 5.41) is 3.10. The molecule has 1 aromatic rings. The largest absolute Gasteiger partial charge is 0.381 e. The molecule has 1 heterocycles. The number of rotatable bonds is 4. The summed E-state index contributed by atoms with van der Waals surface area (Å²) in [6.45, 7) is 4.29. The molecule has 0 aromatic heterocycles. The number of ether oxygens (including phenoxy) is 1. The van der Waals surface area contributed by atoms with Gasteiger partial charge in [-0.1, -0.05) is 24.3 Å². The molecule has 1 aliphatic carbocycles. The molecule has 1 saturated carbocycles. The standard InChI is InChI=1S/C17H24N2O2/c1-13-4-2-3-5-14(13)16(8-10-21-11-9-16)12-19-15(20)17(18)6-7-17/h2-5H,6-12,18H2,1H3,(H,19,20). The number of carbonyl (C=O) groups is 1. The Bertz CT molecular complexity index is 531. The van der Waals surface area contributed by atoms with E-state index in [4.69, 9.17) is 10.5 Å². The van der Waals surface area contributed by atoms with Gasteiger partial charge in [0.1, 0.15) is 0 Å². The summed E-state index contributed by atoms with van der Waals surface area (Å²) in [5.74, 6) is 0.00181. The van der Waals surface area contributed by atoms with Gasteiger partial charge in [-0.2, -0.15) is 0 Å². The van der Waals surface area contributed by atoms with E-state index >= 15 is 0 Å². The summed E-state index contributed by atoms with van der Waals surface area (Å²) in [4.78, 5) is 12.2. The Morgan fingerprint density at radius 2 is 1.90 bits per heavy atom. The van der Waals surface area contributed by atoms with E-state index in [1.807, 2.05) is 0 Å². The maximum atomic E-state index is 12.2. The highest BCUT2D eigenvalue weighted by Crippen LogP contribution is 2.37. The molecule has 0 unspecified atom stereocenters. The summed E-state index contributed by atoms with van der Waals surface area (Å²) >= 11 is 0. The van der Waals surface area contributed by atoms with Crippen LogP contribution in [0.5, 0.6) is 0 Å². The van der Waals surface area contributed by atoms with Crippen LogP contribution in [0.3, 0.4) is 0 Å². The number of nitrogens with two attached hydrogens (primary N) is 1. The minimum atomic E-state index is -0.599. The molecule has 1 saturated heterocycles. The smallest absolute Gasteiger partial charge is 0.240 e. The normalized spacial score (nSPS) is 22.6. The van der Waals surface area contributed by atoms with Crippen LogP contribution in [0.15, 0.2) is 24.3 Å². The molecule has 114 valence electrons. The van der Waals surface area contributed by atoms with E-state index in [0.717, 1.165) is 38.9 Å². The molecule has 1 aromatic carbocycles. The van der Waals surface area contributed by atoms with Gasteiger partial charge in [-0.3, -0.25) is 4.79 Å². The van der Waals surface area contributed by atoms with Gasteiger partial charge in [0.25, 0.3) is 0 Å². The lowest BCUT2D eigenvalue weighted by atomic mass is 9.72. The molecule has 1 amide bonds. The Labute approximate surface area is 126 Å². The first-order valence-electron chi connectivity index (χ1n) is 7.77. The van der Waals surface area contributed by atoms with E-state index in [1.165, 1.54) is 11.1 Å². The van der Waals surface area contributed by atoms with E-state index < -0.39 is 5.54 Å². The van der Waals surface area contributed by atoms with Crippen molar-refractivity contribution in [3.63, 3.8) is 0 Å². The molecule has 3 rings (SSSR count). The Balaban J connectivity index is 1.80. The quantitative estimate of drug-likeness (QED) is 0.885. The Hall–Kier alpha value is -1.39. The zero-order valence-electron chi connectivity index (χ0n) is 12.7. The van der Waals surface area contributed by atoms with Crippen molar-refractivity contribution in [3.05, 3.63) is 35.4 Å². The van der Waals surface area contributed by atoms with E-state index in [9.17, 15) is 4.79 Å². The van der Waals surface area contributed by atoms with Crippen molar-refractivity contribution in [2.24, 2.45) is 5.73 Å². The molecular formula is C17H24N2O2. The lowest BCUT2D eigenvalue weighted by molar-refractivity contribution is -0.123. The van der Waals surface area contributed by atoms with Crippen LogP contribution in [0, 0.1) is 6.92 Å². The van der Waals surface area contributed by atoms with Crippen molar-refractivity contribution < 1.29 is 9.53 Å². The van der Waals surface area contributed by atoms with Gasteiger partial charge in [0.15, 0.2) is 0 Å². The van der Waals surface area contributed by atoms with Crippen molar-refractivity contribution >= 4 is 5.91 Å². The van der Waals surface area contributed by atoms with Crippen LogP contribution in [0.2, 0.25) is 0 Å². The molecule has 2 aliphatic rings. The average molecular weight is 288 g/mol. The minimum absolute atomic E-state index is 0.00181. The van der Waals surface area contributed by atoms with Crippen LogP contribution in [-0.4, -0.2) is 31.2 Å². The summed E-state index contributed by atoms with van der Waals surface area (Å²) in [5.41, 5.74) is 7.97. The molecule has 2 fully saturated rings. The van der Waals surface area contributed by atoms with Crippen LogP contribution in [0.25, 0.3) is 0 Å².